The van der Waals surface area contributed by atoms with Gasteiger partial charge in [-0.15, -0.1) is 0 Å². The second kappa shape index (κ2) is 8.51. The number of benzene rings is 1. The first-order chi connectivity index (χ1) is 9.09. The van der Waals surface area contributed by atoms with Crippen LogP contribution in [0, 0.1) is 0 Å². The van der Waals surface area contributed by atoms with E-state index in [0.717, 1.165) is 19.4 Å². The van der Waals surface area contributed by atoms with E-state index in [1.807, 2.05) is 6.07 Å². The monoisotopic (exact) mass is 280 g/mol. The van der Waals surface area contributed by atoms with E-state index in [1.165, 1.54) is 18.4 Å². The Labute approximate surface area is 119 Å². The molecule has 1 aromatic carbocycles. The highest BCUT2D eigenvalue weighted by atomic mass is 28.4. The largest absolute Gasteiger partial charge is 0.394 e. The van der Waals surface area contributed by atoms with Crippen molar-refractivity contribution in [2.45, 2.75) is 58.7 Å². The third-order valence-electron chi connectivity index (χ3n) is 3.17. The van der Waals surface area contributed by atoms with Crippen molar-refractivity contribution in [1.29, 1.82) is 0 Å². The number of rotatable bonds is 9. The van der Waals surface area contributed by atoms with Gasteiger partial charge in [0, 0.05) is 6.61 Å². The average molecular weight is 280 g/mol. The Balaban J connectivity index is 2.49. The standard InChI is InChI=1S/C16H28O2Si/c1-5-7-11-14-17-19(3,4)18-16(6-2)15-12-9-8-10-13-15/h8-10,12-13,16H,5-7,11,14H2,1-4H3. The summed E-state index contributed by atoms with van der Waals surface area (Å²) in [5, 5.41) is 0. The molecule has 0 aromatic heterocycles. The molecule has 0 saturated heterocycles. The predicted molar refractivity (Wildman–Crippen MR) is 83.5 cm³/mol. The molecular weight excluding hydrogens is 252 g/mol. The fraction of sp³-hybridized carbons (Fsp3) is 0.625. The Morgan fingerprint density at radius 2 is 1.74 bits per heavy atom. The molecule has 0 N–H and O–H groups in total. The molecule has 0 spiro atoms. The highest BCUT2D eigenvalue weighted by molar-refractivity contribution is 6.64. The maximum Gasteiger partial charge on any atom is 0.332 e. The zero-order chi connectivity index (χ0) is 14.1. The van der Waals surface area contributed by atoms with Crippen LogP contribution in [0.5, 0.6) is 0 Å². The summed E-state index contributed by atoms with van der Waals surface area (Å²) in [5.41, 5.74) is 1.25. The molecule has 108 valence electrons. The molecule has 1 aromatic rings. The second-order valence-electron chi connectivity index (χ2n) is 5.38. The highest BCUT2D eigenvalue weighted by Crippen LogP contribution is 2.25. The quantitative estimate of drug-likeness (QED) is 0.465. The van der Waals surface area contributed by atoms with Crippen molar-refractivity contribution >= 4 is 8.56 Å². The van der Waals surface area contributed by atoms with Gasteiger partial charge >= 0.3 is 8.56 Å². The summed E-state index contributed by atoms with van der Waals surface area (Å²) >= 11 is 0. The van der Waals surface area contributed by atoms with Crippen LogP contribution in [0.4, 0.5) is 0 Å². The van der Waals surface area contributed by atoms with Gasteiger partial charge < -0.3 is 8.85 Å². The Kier molecular flexibility index (Phi) is 7.35. The van der Waals surface area contributed by atoms with Crippen LogP contribution in [-0.2, 0) is 8.85 Å². The number of unbranched alkanes of at least 4 members (excludes halogenated alkanes) is 2. The van der Waals surface area contributed by atoms with E-state index in [4.69, 9.17) is 8.85 Å². The van der Waals surface area contributed by atoms with Crippen molar-refractivity contribution in [2.75, 3.05) is 6.61 Å². The van der Waals surface area contributed by atoms with Crippen LogP contribution in [-0.4, -0.2) is 15.2 Å². The van der Waals surface area contributed by atoms with E-state index in [-0.39, 0.29) is 6.10 Å². The molecule has 0 saturated carbocycles. The fourth-order valence-electron chi connectivity index (χ4n) is 2.10. The van der Waals surface area contributed by atoms with Crippen molar-refractivity contribution in [3.05, 3.63) is 35.9 Å². The van der Waals surface area contributed by atoms with Gasteiger partial charge in [0.2, 0.25) is 0 Å². The summed E-state index contributed by atoms with van der Waals surface area (Å²) in [6.45, 7) is 9.49. The molecule has 1 atom stereocenters. The highest BCUT2D eigenvalue weighted by Gasteiger charge is 2.28. The number of hydrogen-bond acceptors (Lipinski definition) is 2. The van der Waals surface area contributed by atoms with Gasteiger partial charge in [-0.1, -0.05) is 57.0 Å². The summed E-state index contributed by atoms with van der Waals surface area (Å²) in [6, 6.07) is 10.4. The zero-order valence-corrected chi connectivity index (χ0v) is 13.8. The average Bonchev–Trinajstić information content (AvgIpc) is 2.42. The molecule has 0 aliphatic rings. The lowest BCUT2D eigenvalue weighted by Crippen LogP contribution is -2.36. The van der Waals surface area contributed by atoms with Crippen LogP contribution in [0.1, 0.15) is 51.2 Å². The predicted octanol–water partition coefficient (Wildman–Crippen LogP) is 5.06. The Morgan fingerprint density at radius 1 is 1.05 bits per heavy atom. The molecule has 0 heterocycles. The molecule has 19 heavy (non-hydrogen) atoms. The summed E-state index contributed by atoms with van der Waals surface area (Å²) < 4.78 is 12.3. The van der Waals surface area contributed by atoms with Gasteiger partial charge in [-0.3, -0.25) is 0 Å². The van der Waals surface area contributed by atoms with Gasteiger partial charge in [-0.2, -0.15) is 0 Å². The minimum Gasteiger partial charge on any atom is -0.394 e. The third-order valence-corrected chi connectivity index (χ3v) is 4.92. The van der Waals surface area contributed by atoms with E-state index in [2.05, 4.69) is 51.2 Å². The third kappa shape index (κ3) is 6.37. The summed E-state index contributed by atoms with van der Waals surface area (Å²) in [4.78, 5) is 0. The molecule has 0 radical (unpaired) electrons. The maximum absolute atomic E-state index is 6.27. The smallest absolute Gasteiger partial charge is 0.332 e. The van der Waals surface area contributed by atoms with Crippen LogP contribution in [0.2, 0.25) is 13.1 Å². The molecule has 2 nitrogen and oxygen atoms in total. The first-order valence-electron chi connectivity index (χ1n) is 7.45. The zero-order valence-electron chi connectivity index (χ0n) is 12.8. The first kappa shape index (κ1) is 16.4. The minimum absolute atomic E-state index is 0.161. The van der Waals surface area contributed by atoms with Crippen molar-refractivity contribution in [3.8, 4) is 0 Å². The van der Waals surface area contributed by atoms with Gasteiger partial charge in [-0.25, -0.2) is 0 Å². The topological polar surface area (TPSA) is 18.5 Å². The molecule has 0 aliphatic heterocycles. The SMILES string of the molecule is CCCCCO[Si](C)(C)OC(CC)c1ccccc1. The number of hydrogen-bond donors (Lipinski definition) is 0. The van der Waals surface area contributed by atoms with Gasteiger partial charge in [-0.05, 0) is 31.5 Å². The van der Waals surface area contributed by atoms with Crippen molar-refractivity contribution < 1.29 is 8.85 Å². The molecule has 0 fully saturated rings. The van der Waals surface area contributed by atoms with E-state index in [9.17, 15) is 0 Å². The van der Waals surface area contributed by atoms with E-state index in [1.54, 1.807) is 0 Å². The maximum atomic E-state index is 6.27. The van der Waals surface area contributed by atoms with Crippen molar-refractivity contribution in [3.63, 3.8) is 0 Å². The normalized spacial score (nSPS) is 13.5. The Morgan fingerprint density at radius 3 is 2.32 bits per heavy atom. The molecule has 3 heteroatoms. The molecule has 1 unspecified atom stereocenters. The van der Waals surface area contributed by atoms with Crippen LogP contribution < -0.4 is 0 Å². The first-order valence-corrected chi connectivity index (χ1v) is 10.3. The van der Waals surface area contributed by atoms with Crippen LogP contribution in [0.15, 0.2) is 30.3 Å². The minimum atomic E-state index is -2.02. The molecule has 0 amide bonds. The van der Waals surface area contributed by atoms with Gasteiger partial charge in [0.25, 0.3) is 0 Å². The van der Waals surface area contributed by atoms with Crippen molar-refractivity contribution in [2.24, 2.45) is 0 Å². The van der Waals surface area contributed by atoms with E-state index >= 15 is 0 Å². The van der Waals surface area contributed by atoms with Gasteiger partial charge in [0.1, 0.15) is 0 Å². The Hall–Kier alpha value is -0.643. The lowest BCUT2D eigenvalue weighted by atomic mass is 10.1. The molecule has 1 rings (SSSR count). The van der Waals surface area contributed by atoms with Gasteiger partial charge in [0.15, 0.2) is 0 Å². The van der Waals surface area contributed by atoms with Crippen molar-refractivity contribution in [1.82, 2.24) is 0 Å². The summed E-state index contributed by atoms with van der Waals surface area (Å²) in [6.07, 6.45) is 4.75. The van der Waals surface area contributed by atoms with Crippen LogP contribution in [0.25, 0.3) is 0 Å². The van der Waals surface area contributed by atoms with Crippen LogP contribution in [0.3, 0.4) is 0 Å². The second-order valence-corrected chi connectivity index (χ2v) is 8.70. The fourth-order valence-corrected chi connectivity index (χ4v) is 3.79. The Bertz CT molecular complexity index is 338. The molecule has 0 aliphatic carbocycles. The van der Waals surface area contributed by atoms with Gasteiger partial charge in [0.05, 0.1) is 6.10 Å². The lowest BCUT2D eigenvalue weighted by molar-refractivity contribution is 0.116. The summed E-state index contributed by atoms with van der Waals surface area (Å²) in [5.74, 6) is 0. The van der Waals surface area contributed by atoms with E-state index < -0.39 is 8.56 Å². The molecule has 0 bridgehead atoms. The summed E-state index contributed by atoms with van der Waals surface area (Å²) in [7, 11) is -2.02. The van der Waals surface area contributed by atoms with Crippen LogP contribution >= 0.6 is 0 Å². The lowest BCUT2D eigenvalue weighted by Gasteiger charge is -2.28. The van der Waals surface area contributed by atoms with E-state index in [0.29, 0.717) is 0 Å². The molecular formula is C16H28O2Si.